The van der Waals surface area contributed by atoms with E-state index in [4.69, 9.17) is 23.7 Å². The molecule has 0 spiro atoms. The summed E-state index contributed by atoms with van der Waals surface area (Å²) in [5.41, 5.74) is -5.82. The molecule has 10 heteroatoms. The first-order valence-corrected chi connectivity index (χ1v) is 15.7. The highest BCUT2D eigenvalue weighted by molar-refractivity contribution is 6.05. The number of hydrogen-bond donors (Lipinski definition) is 3. The van der Waals surface area contributed by atoms with Gasteiger partial charge in [0, 0.05) is 31.1 Å². The Morgan fingerprint density at radius 2 is 1.74 bits per heavy atom. The van der Waals surface area contributed by atoms with Crippen molar-refractivity contribution in [3.63, 3.8) is 0 Å². The van der Waals surface area contributed by atoms with E-state index in [1.54, 1.807) is 19.9 Å². The van der Waals surface area contributed by atoms with E-state index in [1.165, 1.54) is 26.2 Å². The van der Waals surface area contributed by atoms with E-state index < -0.39 is 88.9 Å². The molecular weight excluding hydrogens is 544 g/mol. The summed E-state index contributed by atoms with van der Waals surface area (Å²) < 4.78 is 32.8. The molecule has 6 rings (SSSR count). The standard InChI is InChI=1S/C32H46O10/c1-7-8-9-10-11-12-13-14-29-40-26-22-25-28(16-33,39-25)27(36)30(37)21(15-18(4)23(30)35)32(22,42-29)19(5)24(38-20(6)34)31(26,41-29)17(2)3/h15,19,21-22,24-27,33,36-37H,2,7-14,16H2,1,3-6H3/t19-,21+,22+,24-,25+,26-,27-,28+,29-,30-,31+,32+/m1/s1. The van der Waals surface area contributed by atoms with Crippen molar-refractivity contribution in [1.82, 2.24) is 0 Å². The van der Waals surface area contributed by atoms with E-state index in [1.807, 2.05) is 6.92 Å². The van der Waals surface area contributed by atoms with Crippen LogP contribution < -0.4 is 0 Å². The zero-order chi connectivity index (χ0) is 30.5. The number of fused-ring (bicyclic) bond motifs is 3. The monoisotopic (exact) mass is 590 g/mol. The van der Waals surface area contributed by atoms with Gasteiger partial charge in [0.25, 0.3) is 5.97 Å². The Hall–Kier alpha value is -1.66. The Balaban J connectivity index is 1.49. The van der Waals surface area contributed by atoms with Crippen molar-refractivity contribution in [2.24, 2.45) is 17.8 Å². The summed E-state index contributed by atoms with van der Waals surface area (Å²) in [6, 6.07) is 0. The van der Waals surface area contributed by atoms with Crippen molar-refractivity contribution in [2.45, 2.75) is 139 Å². The Morgan fingerprint density at radius 3 is 2.36 bits per heavy atom. The van der Waals surface area contributed by atoms with Gasteiger partial charge < -0.3 is 39.0 Å². The number of carbonyl (C=O) groups excluding carboxylic acids is 2. The average Bonchev–Trinajstić information content (AvgIpc) is 3.57. The van der Waals surface area contributed by atoms with E-state index in [0.717, 1.165) is 25.7 Å². The van der Waals surface area contributed by atoms with Crippen molar-refractivity contribution in [3.05, 3.63) is 23.8 Å². The number of epoxide rings is 1. The SMILES string of the molecule is C=C(C)[C@@]12O[C@@]3(CCCCCCCCC)O[C@@H]1[C@@H]1[C@@H]4O[C@]4(CO)[C@@H](O)[C@]4(O)C(=O)C(C)=C[C@@H]4[C@@]1(O3)[C@H](C)[C@H]2OC(C)=O. The fourth-order valence-electron chi connectivity index (χ4n) is 9.22. The summed E-state index contributed by atoms with van der Waals surface area (Å²) >= 11 is 0. The maximum Gasteiger partial charge on any atom is 0.303 e. The van der Waals surface area contributed by atoms with Crippen LogP contribution in [0.2, 0.25) is 0 Å². The lowest BCUT2D eigenvalue weighted by Gasteiger charge is -2.61. The van der Waals surface area contributed by atoms with Gasteiger partial charge in [-0.1, -0.05) is 65.0 Å². The second kappa shape index (κ2) is 9.92. The van der Waals surface area contributed by atoms with Crippen molar-refractivity contribution in [3.8, 4) is 0 Å². The van der Waals surface area contributed by atoms with E-state index >= 15 is 0 Å². The predicted octanol–water partition coefficient (Wildman–Crippen LogP) is 2.86. The van der Waals surface area contributed by atoms with Gasteiger partial charge in [-0.25, -0.2) is 0 Å². The smallest absolute Gasteiger partial charge is 0.303 e. The molecule has 3 aliphatic carbocycles. The summed E-state index contributed by atoms with van der Waals surface area (Å²) in [5.74, 6) is -5.13. The minimum atomic E-state index is -2.34. The van der Waals surface area contributed by atoms with Crippen LogP contribution in [0.25, 0.3) is 0 Å². The number of aliphatic hydroxyl groups excluding tert-OH is 2. The number of carbonyl (C=O) groups is 2. The molecule has 3 heterocycles. The van der Waals surface area contributed by atoms with Crippen molar-refractivity contribution >= 4 is 11.8 Å². The third-order valence-electron chi connectivity index (χ3n) is 11.2. The van der Waals surface area contributed by atoms with Crippen molar-refractivity contribution in [2.75, 3.05) is 6.61 Å². The predicted molar refractivity (Wildman–Crippen MR) is 149 cm³/mol. The summed E-state index contributed by atoms with van der Waals surface area (Å²) in [5, 5.41) is 34.5. The van der Waals surface area contributed by atoms with Crippen LogP contribution in [-0.2, 0) is 33.3 Å². The van der Waals surface area contributed by atoms with Gasteiger partial charge in [0.1, 0.15) is 30.0 Å². The summed E-state index contributed by atoms with van der Waals surface area (Å²) in [6.45, 7) is 12.4. The van der Waals surface area contributed by atoms with Crippen LogP contribution in [0.15, 0.2) is 23.8 Å². The molecule has 0 aromatic rings. The zero-order valence-electron chi connectivity index (χ0n) is 25.4. The van der Waals surface area contributed by atoms with Crippen LogP contribution in [0.3, 0.4) is 0 Å². The average molecular weight is 591 g/mol. The molecule has 3 bridgehead atoms. The third-order valence-corrected chi connectivity index (χ3v) is 11.2. The third kappa shape index (κ3) is 3.63. The second-order valence-corrected chi connectivity index (χ2v) is 13.6. The number of ether oxygens (including phenoxy) is 5. The molecule has 3 saturated heterocycles. The molecule has 5 fully saturated rings. The number of aliphatic hydroxyl groups is 3. The second-order valence-electron chi connectivity index (χ2n) is 13.6. The molecule has 234 valence electrons. The van der Waals surface area contributed by atoms with Crippen LogP contribution in [-0.4, -0.2) is 86.5 Å². The Morgan fingerprint density at radius 1 is 1.07 bits per heavy atom. The van der Waals surface area contributed by atoms with Crippen LogP contribution >= 0.6 is 0 Å². The first kappa shape index (κ1) is 30.4. The summed E-state index contributed by atoms with van der Waals surface area (Å²) in [7, 11) is 0. The Bertz CT molecular complexity index is 1200. The summed E-state index contributed by atoms with van der Waals surface area (Å²) in [4.78, 5) is 26.2. The first-order valence-electron chi connectivity index (χ1n) is 15.7. The first-order chi connectivity index (χ1) is 19.8. The highest BCUT2D eigenvalue weighted by Crippen LogP contribution is 2.73. The van der Waals surface area contributed by atoms with Gasteiger partial charge in [-0.05, 0) is 31.4 Å². The van der Waals surface area contributed by atoms with Crippen LogP contribution in [0, 0.1) is 17.8 Å². The quantitative estimate of drug-likeness (QED) is 0.142. The highest BCUT2D eigenvalue weighted by atomic mass is 16.9. The molecule has 0 aromatic heterocycles. The topological polar surface area (TPSA) is 144 Å². The minimum absolute atomic E-state index is 0.277. The highest BCUT2D eigenvalue weighted by Gasteiger charge is 2.90. The van der Waals surface area contributed by atoms with Crippen molar-refractivity contribution < 1.29 is 48.6 Å². The van der Waals surface area contributed by atoms with Gasteiger partial charge in [-0.15, -0.1) is 0 Å². The number of unbranched alkanes of at least 4 members (excludes halogenated alkanes) is 6. The van der Waals surface area contributed by atoms with E-state index in [0.29, 0.717) is 12.0 Å². The molecule has 2 saturated carbocycles. The number of Topliss-reactive ketones (excluding diaryl/α,β-unsaturated/α-hetero) is 1. The van der Waals surface area contributed by atoms with E-state index in [-0.39, 0.29) is 5.57 Å². The number of rotatable bonds is 11. The maximum atomic E-state index is 13.7. The Kier molecular flexibility index (Phi) is 7.18. The van der Waals surface area contributed by atoms with Gasteiger partial charge in [-0.2, -0.15) is 0 Å². The van der Waals surface area contributed by atoms with Crippen LogP contribution in [0.1, 0.15) is 86.0 Å². The molecule has 12 atom stereocenters. The van der Waals surface area contributed by atoms with Crippen LogP contribution in [0.4, 0.5) is 0 Å². The molecule has 10 nitrogen and oxygen atoms in total. The van der Waals surface area contributed by atoms with Gasteiger partial charge in [0.2, 0.25) is 0 Å². The lowest BCUT2D eigenvalue weighted by Crippen LogP contribution is -2.76. The number of esters is 1. The molecule has 6 aliphatic rings. The molecule has 0 aromatic carbocycles. The molecule has 3 N–H and O–H groups in total. The summed E-state index contributed by atoms with van der Waals surface area (Å²) in [6.07, 6.45) is 5.20. The fraction of sp³-hybridized carbons (Fsp3) is 0.812. The molecule has 42 heavy (non-hydrogen) atoms. The normalized spacial score (nSPS) is 49.6. The van der Waals surface area contributed by atoms with Gasteiger partial charge in [0.15, 0.2) is 17.0 Å². The minimum Gasteiger partial charge on any atom is -0.459 e. The van der Waals surface area contributed by atoms with Gasteiger partial charge in [0.05, 0.1) is 12.2 Å². The molecular formula is C32H46O10. The number of ketones is 1. The van der Waals surface area contributed by atoms with Gasteiger partial charge in [-0.3, -0.25) is 9.59 Å². The molecule has 0 unspecified atom stereocenters. The zero-order valence-corrected chi connectivity index (χ0v) is 25.4. The largest absolute Gasteiger partial charge is 0.459 e. The lowest BCUT2D eigenvalue weighted by atomic mass is 9.53. The maximum absolute atomic E-state index is 13.7. The Labute approximate surface area is 247 Å². The van der Waals surface area contributed by atoms with Gasteiger partial charge >= 0.3 is 5.97 Å². The number of hydrogen-bond acceptors (Lipinski definition) is 10. The van der Waals surface area contributed by atoms with E-state index in [2.05, 4.69) is 13.5 Å². The van der Waals surface area contributed by atoms with E-state index in [9.17, 15) is 24.9 Å². The fourth-order valence-corrected chi connectivity index (χ4v) is 9.22. The molecule has 0 amide bonds. The molecule has 3 aliphatic heterocycles. The molecule has 0 radical (unpaired) electrons. The lowest BCUT2D eigenvalue weighted by molar-refractivity contribution is -0.431. The van der Waals surface area contributed by atoms with Crippen molar-refractivity contribution in [1.29, 1.82) is 0 Å². The van der Waals surface area contributed by atoms with Crippen LogP contribution in [0.5, 0.6) is 0 Å².